The van der Waals surface area contributed by atoms with E-state index in [1.54, 1.807) is 0 Å². The third kappa shape index (κ3) is 3.41. The van der Waals surface area contributed by atoms with E-state index in [2.05, 4.69) is 18.7 Å². The maximum atomic E-state index is 12.8. The lowest BCUT2D eigenvalue weighted by molar-refractivity contribution is -0.137. The summed E-state index contributed by atoms with van der Waals surface area (Å²) in [6.07, 6.45) is 2.12. The normalized spacial score (nSPS) is 18.1. The molecule has 0 atom stereocenters. The van der Waals surface area contributed by atoms with E-state index in [1.165, 1.54) is 4.90 Å². The van der Waals surface area contributed by atoms with Gasteiger partial charge >= 0.3 is 0 Å². The van der Waals surface area contributed by atoms with E-state index >= 15 is 0 Å². The van der Waals surface area contributed by atoms with E-state index in [-0.39, 0.29) is 11.8 Å². The lowest BCUT2D eigenvalue weighted by Crippen LogP contribution is -2.34. The second kappa shape index (κ2) is 7.30. The zero-order chi connectivity index (χ0) is 18.0. The van der Waals surface area contributed by atoms with Crippen LogP contribution in [0.25, 0.3) is 5.57 Å². The zero-order valence-corrected chi connectivity index (χ0v) is 15.2. The van der Waals surface area contributed by atoms with Crippen molar-refractivity contribution >= 4 is 17.4 Å². The Balaban J connectivity index is 1.93. The predicted molar refractivity (Wildman–Crippen MR) is 96.9 cm³/mol. The van der Waals surface area contributed by atoms with Gasteiger partial charge in [0.1, 0.15) is 11.4 Å². The molecule has 134 valence electrons. The first-order valence-electron chi connectivity index (χ1n) is 9.11. The van der Waals surface area contributed by atoms with Crippen LogP contribution < -0.4 is 4.74 Å². The summed E-state index contributed by atoms with van der Waals surface area (Å²) in [6.45, 7) is 8.77. The Bertz CT molecular complexity index is 685. The van der Waals surface area contributed by atoms with Crippen molar-refractivity contribution in [3.8, 4) is 5.75 Å². The number of rotatable bonds is 6. The molecular weight excluding hydrogens is 316 g/mol. The Kier molecular flexibility index (Phi) is 5.11. The van der Waals surface area contributed by atoms with Gasteiger partial charge in [0, 0.05) is 19.6 Å². The molecule has 0 spiro atoms. The van der Waals surface area contributed by atoms with Gasteiger partial charge in [-0.2, -0.15) is 0 Å². The zero-order valence-electron chi connectivity index (χ0n) is 15.2. The highest BCUT2D eigenvalue weighted by Crippen LogP contribution is 2.33. The van der Waals surface area contributed by atoms with Gasteiger partial charge in [0.25, 0.3) is 11.8 Å². The number of hydrogen-bond donors (Lipinski definition) is 0. The van der Waals surface area contributed by atoms with Crippen LogP contribution >= 0.6 is 0 Å². The molecule has 5 nitrogen and oxygen atoms in total. The monoisotopic (exact) mass is 342 g/mol. The van der Waals surface area contributed by atoms with E-state index in [0.29, 0.717) is 30.3 Å². The molecule has 0 radical (unpaired) electrons. The fraction of sp³-hybridized carbons (Fsp3) is 0.500. The third-order valence-electron chi connectivity index (χ3n) is 4.61. The molecule has 0 saturated carbocycles. The standard InChI is InChI=1S/C20H26N2O3/c1-4-22-19(23)17(18(20(22)24)21-11-5-6-12-21)15-7-9-16(10-8-15)25-13-14(2)3/h7-10,14H,4-6,11-13H2,1-3H3. The number of nitrogens with zero attached hydrogens (tertiary/aromatic N) is 2. The quantitative estimate of drug-likeness (QED) is 0.746. The summed E-state index contributed by atoms with van der Waals surface area (Å²) < 4.78 is 5.71. The number of carbonyl (C=O) groups excluding carboxylic acids is 2. The molecule has 3 rings (SSSR count). The van der Waals surface area contributed by atoms with Crippen LogP contribution in [-0.2, 0) is 9.59 Å². The lowest BCUT2D eigenvalue weighted by Gasteiger charge is -2.19. The fourth-order valence-corrected chi connectivity index (χ4v) is 3.33. The number of benzene rings is 1. The molecule has 2 amide bonds. The average molecular weight is 342 g/mol. The van der Waals surface area contributed by atoms with Crippen LogP contribution in [0.3, 0.4) is 0 Å². The van der Waals surface area contributed by atoms with Gasteiger partial charge in [-0.05, 0) is 43.4 Å². The van der Waals surface area contributed by atoms with Gasteiger partial charge in [0.2, 0.25) is 0 Å². The van der Waals surface area contributed by atoms with Crippen LogP contribution in [0.4, 0.5) is 0 Å². The van der Waals surface area contributed by atoms with E-state index in [0.717, 1.165) is 37.2 Å². The summed E-state index contributed by atoms with van der Waals surface area (Å²) in [5, 5.41) is 0. The number of carbonyl (C=O) groups is 2. The highest BCUT2D eigenvalue weighted by molar-refractivity contribution is 6.35. The van der Waals surface area contributed by atoms with Crippen LogP contribution in [0.5, 0.6) is 5.75 Å². The summed E-state index contributed by atoms with van der Waals surface area (Å²) in [4.78, 5) is 29.0. The SMILES string of the molecule is CCN1C(=O)C(c2ccc(OCC(C)C)cc2)=C(N2CCCC2)C1=O. The number of likely N-dealkylation sites (N-methyl/N-ethyl adjacent to an activating group) is 1. The van der Waals surface area contributed by atoms with E-state index < -0.39 is 0 Å². The molecule has 2 aliphatic heterocycles. The molecule has 0 aliphatic carbocycles. The molecular formula is C20H26N2O3. The van der Waals surface area contributed by atoms with Crippen LogP contribution in [0.2, 0.25) is 0 Å². The minimum absolute atomic E-state index is 0.162. The van der Waals surface area contributed by atoms with Crippen molar-refractivity contribution in [2.75, 3.05) is 26.2 Å². The maximum Gasteiger partial charge on any atom is 0.277 e. The van der Waals surface area contributed by atoms with Crippen molar-refractivity contribution in [2.45, 2.75) is 33.6 Å². The minimum Gasteiger partial charge on any atom is -0.493 e. The minimum atomic E-state index is -0.190. The fourth-order valence-electron chi connectivity index (χ4n) is 3.33. The first-order valence-corrected chi connectivity index (χ1v) is 9.11. The van der Waals surface area contributed by atoms with Crippen LogP contribution in [-0.4, -0.2) is 47.9 Å². The van der Waals surface area contributed by atoms with Gasteiger partial charge in [0.05, 0.1) is 12.2 Å². The molecule has 0 aromatic heterocycles. The van der Waals surface area contributed by atoms with Crippen LogP contribution in [0.1, 0.15) is 39.2 Å². The van der Waals surface area contributed by atoms with Gasteiger partial charge in [-0.1, -0.05) is 26.0 Å². The van der Waals surface area contributed by atoms with Gasteiger partial charge in [-0.25, -0.2) is 0 Å². The van der Waals surface area contributed by atoms with Crippen molar-refractivity contribution in [1.29, 1.82) is 0 Å². The molecule has 5 heteroatoms. The van der Waals surface area contributed by atoms with Crippen molar-refractivity contribution in [2.24, 2.45) is 5.92 Å². The summed E-state index contributed by atoms with van der Waals surface area (Å²) in [6, 6.07) is 7.51. The second-order valence-corrected chi connectivity index (χ2v) is 7.00. The smallest absolute Gasteiger partial charge is 0.277 e. The molecule has 1 aromatic carbocycles. The van der Waals surface area contributed by atoms with E-state index in [1.807, 2.05) is 31.2 Å². The largest absolute Gasteiger partial charge is 0.493 e. The summed E-state index contributed by atoms with van der Waals surface area (Å²) in [7, 11) is 0. The molecule has 0 N–H and O–H groups in total. The number of imide groups is 1. The third-order valence-corrected chi connectivity index (χ3v) is 4.61. The molecule has 1 aromatic rings. The van der Waals surface area contributed by atoms with Crippen molar-refractivity contribution < 1.29 is 14.3 Å². The Labute approximate surface area is 149 Å². The van der Waals surface area contributed by atoms with Gasteiger partial charge < -0.3 is 9.64 Å². The predicted octanol–water partition coefficient (Wildman–Crippen LogP) is 2.92. The summed E-state index contributed by atoms with van der Waals surface area (Å²) in [5.41, 5.74) is 1.89. The molecule has 2 aliphatic rings. The molecule has 1 fully saturated rings. The van der Waals surface area contributed by atoms with E-state index in [4.69, 9.17) is 4.74 Å². The van der Waals surface area contributed by atoms with Gasteiger partial charge in [-0.3, -0.25) is 14.5 Å². The van der Waals surface area contributed by atoms with Crippen LogP contribution in [0.15, 0.2) is 30.0 Å². The summed E-state index contributed by atoms with van der Waals surface area (Å²) in [5.74, 6) is 0.885. The van der Waals surface area contributed by atoms with Crippen molar-refractivity contribution in [1.82, 2.24) is 9.80 Å². The first kappa shape index (κ1) is 17.5. The molecule has 25 heavy (non-hydrogen) atoms. The highest BCUT2D eigenvalue weighted by Gasteiger charge is 2.41. The van der Waals surface area contributed by atoms with Crippen LogP contribution in [0, 0.1) is 5.92 Å². The van der Waals surface area contributed by atoms with Crippen molar-refractivity contribution in [3.63, 3.8) is 0 Å². The Morgan fingerprint density at radius 1 is 1.04 bits per heavy atom. The summed E-state index contributed by atoms with van der Waals surface area (Å²) >= 11 is 0. The maximum absolute atomic E-state index is 12.8. The van der Waals surface area contributed by atoms with Gasteiger partial charge in [0.15, 0.2) is 0 Å². The molecule has 2 heterocycles. The molecule has 0 bridgehead atoms. The Hall–Kier alpha value is -2.30. The second-order valence-electron chi connectivity index (χ2n) is 7.00. The Morgan fingerprint density at radius 3 is 2.24 bits per heavy atom. The number of amides is 2. The van der Waals surface area contributed by atoms with E-state index in [9.17, 15) is 9.59 Å². The van der Waals surface area contributed by atoms with Gasteiger partial charge in [-0.15, -0.1) is 0 Å². The Morgan fingerprint density at radius 2 is 1.68 bits per heavy atom. The lowest BCUT2D eigenvalue weighted by atomic mass is 10.0. The number of hydrogen-bond acceptors (Lipinski definition) is 4. The first-order chi connectivity index (χ1) is 12.0. The number of ether oxygens (including phenoxy) is 1. The number of likely N-dealkylation sites (tertiary alicyclic amines) is 1. The van der Waals surface area contributed by atoms with Crippen molar-refractivity contribution in [3.05, 3.63) is 35.5 Å². The molecule has 1 saturated heterocycles. The topological polar surface area (TPSA) is 49.9 Å². The average Bonchev–Trinajstić information content (AvgIpc) is 3.20. The molecule has 0 unspecified atom stereocenters. The highest BCUT2D eigenvalue weighted by atomic mass is 16.5.